The van der Waals surface area contributed by atoms with Gasteiger partial charge in [-0.3, -0.25) is 4.99 Å². The van der Waals surface area contributed by atoms with E-state index in [9.17, 15) is 8.42 Å². The molecule has 1 unspecified atom stereocenters. The summed E-state index contributed by atoms with van der Waals surface area (Å²) in [5.74, 6) is 0. The number of hydrogen-bond donors (Lipinski definition) is 1. The number of nitrogens with one attached hydrogen (secondary N) is 1. The van der Waals surface area contributed by atoms with Crippen LogP contribution in [0.2, 0.25) is 0 Å². The number of aliphatic imine (C=N–C) groups is 1. The van der Waals surface area contributed by atoms with E-state index < -0.39 is 15.2 Å². The van der Waals surface area contributed by atoms with Gasteiger partial charge >= 0.3 is 0 Å². The highest BCUT2D eigenvalue weighted by Gasteiger charge is 2.20. The minimum Gasteiger partial charge on any atom is -0.359 e. The maximum atomic E-state index is 10.7. The number of sulfone groups is 1. The van der Waals surface area contributed by atoms with Crippen molar-refractivity contribution in [2.24, 2.45) is 4.99 Å². The van der Waals surface area contributed by atoms with Gasteiger partial charge < -0.3 is 5.32 Å². The Balaban J connectivity index is 2.68. The molecule has 1 rings (SSSR count). The summed E-state index contributed by atoms with van der Waals surface area (Å²) < 4.78 is 21.4. The molecule has 52 valence electrons. The van der Waals surface area contributed by atoms with Gasteiger partial charge in [0.15, 0.2) is 9.84 Å². The molecule has 0 aromatic heterocycles. The van der Waals surface area contributed by atoms with E-state index in [4.69, 9.17) is 0 Å². The monoisotopic (exact) mass is 148 g/mol. The minimum absolute atomic E-state index is 0.346. The Morgan fingerprint density at radius 2 is 2.44 bits per heavy atom. The van der Waals surface area contributed by atoms with Gasteiger partial charge in [-0.15, -0.1) is 0 Å². The van der Waals surface area contributed by atoms with Gasteiger partial charge in [0.25, 0.3) is 0 Å². The van der Waals surface area contributed by atoms with Crippen molar-refractivity contribution in [1.29, 1.82) is 0 Å². The molecular formula is C4H8N2O2S. The van der Waals surface area contributed by atoms with Crippen LogP contribution in [-0.4, -0.2) is 32.9 Å². The topological polar surface area (TPSA) is 58.5 Å². The summed E-state index contributed by atoms with van der Waals surface area (Å²) in [6.07, 6.45) is 2.62. The fraction of sp³-hybridized carbons (Fsp3) is 0.750. The zero-order valence-corrected chi connectivity index (χ0v) is 5.85. The van der Waals surface area contributed by atoms with E-state index in [2.05, 4.69) is 10.3 Å². The van der Waals surface area contributed by atoms with Crippen molar-refractivity contribution in [3.8, 4) is 0 Å². The second-order valence-corrected chi connectivity index (χ2v) is 4.21. The molecule has 0 fully saturated rings. The lowest BCUT2D eigenvalue weighted by Crippen LogP contribution is -2.32. The average molecular weight is 148 g/mol. The highest BCUT2D eigenvalue weighted by Crippen LogP contribution is 1.97. The number of nitrogens with zero attached hydrogens (tertiary/aromatic N) is 1. The van der Waals surface area contributed by atoms with Crippen molar-refractivity contribution in [3.05, 3.63) is 0 Å². The Hall–Kier alpha value is -0.580. The van der Waals surface area contributed by atoms with Crippen LogP contribution >= 0.6 is 0 Å². The largest absolute Gasteiger partial charge is 0.359 e. The first kappa shape index (κ1) is 6.54. The van der Waals surface area contributed by atoms with Crippen LogP contribution < -0.4 is 5.32 Å². The lowest BCUT2D eigenvalue weighted by Gasteiger charge is -2.04. The van der Waals surface area contributed by atoms with Crippen molar-refractivity contribution < 1.29 is 8.42 Å². The molecule has 0 spiro atoms. The van der Waals surface area contributed by atoms with Crippen molar-refractivity contribution >= 4 is 16.2 Å². The predicted molar refractivity (Wildman–Crippen MR) is 35.1 cm³/mol. The highest BCUT2D eigenvalue weighted by atomic mass is 32.2. The molecule has 0 saturated heterocycles. The summed E-state index contributed by atoms with van der Waals surface area (Å²) >= 11 is 0. The van der Waals surface area contributed by atoms with Crippen LogP contribution in [0.1, 0.15) is 0 Å². The van der Waals surface area contributed by atoms with Gasteiger partial charge in [-0.2, -0.15) is 0 Å². The maximum Gasteiger partial charge on any atom is 0.170 e. The van der Waals surface area contributed by atoms with E-state index in [1.807, 2.05) is 0 Å². The highest BCUT2D eigenvalue weighted by molar-refractivity contribution is 7.91. The Morgan fingerprint density at radius 1 is 1.78 bits per heavy atom. The zero-order valence-electron chi connectivity index (χ0n) is 5.03. The molecule has 0 aliphatic carbocycles. The average Bonchev–Trinajstić information content (AvgIpc) is 2.08. The van der Waals surface area contributed by atoms with E-state index in [-0.39, 0.29) is 0 Å². The van der Waals surface area contributed by atoms with Crippen LogP contribution in [0.25, 0.3) is 0 Å². The molecule has 9 heavy (non-hydrogen) atoms. The predicted octanol–water partition coefficient (Wildman–Crippen LogP) is -1.01. The third-order valence-electron chi connectivity index (χ3n) is 1.14. The molecular weight excluding hydrogens is 140 g/mol. The van der Waals surface area contributed by atoms with Gasteiger partial charge in [0.05, 0.1) is 12.9 Å². The van der Waals surface area contributed by atoms with E-state index in [1.165, 1.54) is 12.6 Å². The molecule has 0 radical (unpaired) electrons. The molecule has 1 aliphatic heterocycles. The van der Waals surface area contributed by atoms with Gasteiger partial charge in [-0.05, 0) is 0 Å². The maximum absolute atomic E-state index is 10.7. The summed E-state index contributed by atoms with van der Waals surface area (Å²) in [6.45, 7) is 0.346. The third kappa shape index (κ3) is 1.41. The molecule has 0 amide bonds. The van der Waals surface area contributed by atoms with Crippen LogP contribution in [0.3, 0.4) is 0 Å². The summed E-state index contributed by atoms with van der Waals surface area (Å²) in [5.41, 5.74) is 0. The lowest BCUT2D eigenvalue weighted by atomic mass is 10.7. The number of rotatable bonds is 1. The van der Waals surface area contributed by atoms with Crippen molar-refractivity contribution in [3.63, 3.8) is 0 Å². The lowest BCUT2D eigenvalue weighted by molar-refractivity contribution is 0.585. The normalized spacial score (nSPS) is 26.1. The summed E-state index contributed by atoms with van der Waals surface area (Å²) in [4.78, 5) is 3.72. The van der Waals surface area contributed by atoms with E-state index >= 15 is 0 Å². The summed E-state index contributed by atoms with van der Waals surface area (Å²) in [5, 5.41) is 2.13. The minimum atomic E-state index is -2.94. The standard InChI is InChI=1S/C4H8N2O2S/c1-9(7,8)4-2-5-3-6-4/h3-4H,2H2,1H3,(H,5,6). The zero-order chi connectivity index (χ0) is 6.91. The van der Waals surface area contributed by atoms with Gasteiger partial charge in [0, 0.05) is 6.26 Å². The fourth-order valence-corrected chi connectivity index (χ4v) is 1.26. The van der Waals surface area contributed by atoms with Gasteiger partial charge in [0.2, 0.25) is 0 Å². The Bertz CT molecular complexity index is 211. The van der Waals surface area contributed by atoms with E-state index in [0.717, 1.165) is 0 Å². The molecule has 5 heteroatoms. The van der Waals surface area contributed by atoms with Crippen molar-refractivity contribution in [1.82, 2.24) is 5.32 Å². The molecule has 0 bridgehead atoms. The Labute approximate surface area is 53.9 Å². The molecule has 0 aromatic carbocycles. The fourth-order valence-electron chi connectivity index (χ4n) is 0.596. The van der Waals surface area contributed by atoms with Crippen LogP contribution in [0.15, 0.2) is 4.99 Å². The van der Waals surface area contributed by atoms with Gasteiger partial charge in [-0.25, -0.2) is 8.42 Å². The van der Waals surface area contributed by atoms with Crippen LogP contribution in [0.5, 0.6) is 0 Å². The Morgan fingerprint density at radius 3 is 2.67 bits per heavy atom. The molecule has 1 atom stereocenters. The van der Waals surface area contributed by atoms with Gasteiger partial charge in [0.1, 0.15) is 5.37 Å². The summed E-state index contributed by atoms with van der Waals surface area (Å²) in [6, 6.07) is 0. The Kier molecular flexibility index (Phi) is 1.44. The number of hydrogen-bond acceptors (Lipinski definition) is 4. The molecule has 0 aromatic rings. The second kappa shape index (κ2) is 1.98. The molecule has 1 N–H and O–H groups in total. The van der Waals surface area contributed by atoms with Crippen LogP contribution in [-0.2, 0) is 9.84 Å². The smallest absolute Gasteiger partial charge is 0.170 e. The second-order valence-electron chi connectivity index (χ2n) is 1.98. The van der Waals surface area contributed by atoms with E-state index in [0.29, 0.717) is 6.54 Å². The first-order chi connectivity index (χ1) is 4.11. The molecule has 1 aliphatic rings. The van der Waals surface area contributed by atoms with Crippen molar-refractivity contribution in [2.45, 2.75) is 5.37 Å². The molecule has 1 heterocycles. The van der Waals surface area contributed by atoms with Crippen LogP contribution in [0, 0.1) is 0 Å². The molecule has 4 nitrogen and oxygen atoms in total. The van der Waals surface area contributed by atoms with Gasteiger partial charge in [-0.1, -0.05) is 0 Å². The summed E-state index contributed by atoms with van der Waals surface area (Å²) in [7, 11) is -2.94. The van der Waals surface area contributed by atoms with Crippen molar-refractivity contribution in [2.75, 3.05) is 12.8 Å². The first-order valence-electron chi connectivity index (χ1n) is 2.54. The third-order valence-corrected chi connectivity index (χ3v) is 2.46. The van der Waals surface area contributed by atoms with E-state index in [1.54, 1.807) is 0 Å². The van der Waals surface area contributed by atoms with Crippen LogP contribution in [0.4, 0.5) is 0 Å². The molecule has 0 saturated carbocycles. The SMILES string of the molecule is CS(=O)(=O)C1CN=CN1. The quantitative estimate of drug-likeness (QED) is 0.518. The first-order valence-corrected chi connectivity index (χ1v) is 4.49.